The molecular formula is C20H16N4O3. The number of aromatic nitrogens is 2. The maximum absolute atomic E-state index is 12.8. The first-order valence-corrected chi connectivity index (χ1v) is 8.35. The van der Waals surface area contributed by atoms with Crippen LogP contribution in [0, 0.1) is 6.92 Å². The molecule has 0 radical (unpaired) electrons. The minimum Gasteiger partial charge on any atom is -0.302 e. The Bertz CT molecular complexity index is 1110. The molecule has 0 unspecified atom stereocenters. The summed E-state index contributed by atoms with van der Waals surface area (Å²) in [6.45, 7) is 1.74. The molecule has 1 saturated heterocycles. The van der Waals surface area contributed by atoms with Crippen LogP contribution in [0.4, 0.5) is 10.5 Å². The molecule has 2 aromatic carbocycles. The van der Waals surface area contributed by atoms with Gasteiger partial charge in [0.05, 0.1) is 16.9 Å². The number of rotatable bonds is 3. The SMILES string of the molecule is Cc1[nH]n(-c2ccccc2)c(=O)c1/C=C1\NC(=O)N(c2ccccc2)C1=O. The second-order valence-electron chi connectivity index (χ2n) is 6.09. The number of carbonyl (C=O) groups is 2. The van der Waals surface area contributed by atoms with Gasteiger partial charge < -0.3 is 5.32 Å². The van der Waals surface area contributed by atoms with Gasteiger partial charge in [0.15, 0.2) is 0 Å². The summed E-state index contributed by atoms with van der Waals surface area (Å²) in [6, 6.07) is 17.2. The van der Waals surface area contributed by atoms with Crippen molar-refractivity contribution >= 4 is 23.7 Å². The smallest absolute Gasteiger partial charge is 0.302 e. The molecule has 0 saturated carbocycles. The molecule has 2 N–H and O–H groups in total. The van der Waals surface area contributed by atoms with Gasteiger partial charge in [0, 0.05) is 5.69 Å². The van der Waals surface area contributed by atoms with Crippen LogP contribution in [0.25, 0.3) is 11.8 Å². The zero-order valence-corrected chi connectivity index (χ0v) is 14.5. The first kappa shape index (κ1) is 16.6. The molecule has 7 heteroatoms. The van der Waals surface area contributed by atoms with E-state index in [-0.39, 0.29) is 11.3 Å². The highest BCUT2D eigenvalue weighted by atomic mass is 16.2. The van der Waals surface area contributed by atoms with Crippen molar-refractivity contribution < 1.29 is 9.59 Å². The molecule has 1 aliphatic rings. The second-order valence-corrected chi connectivity index (χ2v) is 6.09. The fourth-order valence-electron chi connectivity index (χ4n) is 2.98. The molecule has 4 rings (SSSR count). The molecule has 0 aliphatic carbocycles. The predicted molar refractivity (Wildman–Crippen MR) is 102 cm³/mol. The highest BCUT2D eigenvalue weighted by molar-refractivity contribution is 6.28. The van der Waals surface area contributed by atoms with Crippen LogP contribution in [0.15, 0.2) is 71.2 Å². The molecule has 1 aromatic heterocycles. The van der Waals surface area contributed by atoms with Crippen molar-refractivity contribution in [1.29, 1.82) is 0 Å². The number of aromatic amines is 1. The van der Waals surface area contributed by atoms with Crippen molar-refractivity contribution in [3.63, 3.8) is 0 Å². The lowest BCUT2D eigenvalue weighted by atomic mass is 10.2. The van der Waals surface area contributed by atoms with E-state index in [2.05, 4.69) is 10.4 Å². The van der Waals surface area contributed by atoms with E-state index in [0.29, 0.717) is 22.6 Å². The van der Waals surface area contributed by atoms with E-state index >= 15 is 0 Å². The van der Waals surface area contributed by atoms with E-state index in [0.717, 1.165) is 4.90 Å². The van der Waals surface area contributed by atoms with Gasteiger partial charge in [0.2, 0.25) is 0 Å². The largest absolute Gasteiger partial charge is 0.333 e. The van der Waals surface area contributed by atoms with Gasteiger partial charge in [-0.1, -0.05) is 36.4 Å². The molecule has 3 amide bonds. The molecule has 1 aliphatic heterocycles. The molecule has 134 valence electrons. The Morgan fingerprint density at radius 2 is 1.44 bits per heavy atom. The monoisotopic (exact) mass is 360 g/mol. The summed E-state index contributed by atoms with van der Waals surface area (Å²) in [5.41, 5.74) is 1.82. The third-order valence-electron chi connectivity index (χ3n) is 4.31. The topological polar surface area (TPSA) is 87.2 Å². The van der Waals surface area contributed by atoms with Crippen molar-refractivity contribution in [2.75, 3.05) is 4.90 Å². The summed E-state index contributed by atoms with van der Waals surface area (Å²) in [5.74, 6) is -0.502. The Morgan fingerprint density at radius 1 is 0.852 bits per heavy atom. The van der Waals surface area contributed by atoms with Gasteiger partial charge in [-0.3, -0.25) is 14.7 Å². The molecule has 1 fully saturated rings. The van der Waals surface area contributed by atoms with Crippen molar-refractivity contribution in [1.82, 2.24) is 15.1 Å². The molecule has 0 atom stereocenters. The standard InChI is InChI=1S/C20H16N4O3/c1-13-16(18(25)24(22-13)15-10-6-3-7-11-15)12-17-19(26)23(20(27)21-17)14-8-4-2-5-9-14/h2-12,22H,1H3,(H,21,27)/b17-12-. The van der Waals surface area contributed by atoms with Crippen molar-refractivity contribution in [3.8, 4) is 5.69 Å². The summed E-state index contributed by atoms with van der Waals surface area (Å²) in [7, 11) is 0. The van der Waals surface area contributed by atoms with Gasteiger partial charge in [0.1, 0.15) is 5.70 Å². The lowest BCUT2D eigenvalue weighted by Gasteiger charge is -2.10. The van der Waals surface area contributed by atoms with Crippen LogP contribution in [-0.2, 0) is 4.79 Å². The molecular weight excluding hydrogens is 344 g/mol. The van der Waals surface area contributed by atoms with Crippen LogP contribution < -0.4 is 15.8 Å². The molecule has 2 heterocycles. The fourth-order valence-corrected chi connectivity index (χ4v) is 2.98. The van der Waals surface area contributed by atoms with E-state index in [1.165, 1.54) is 10.8 Å². The van der Waals surface area contributed by atoms with Gasteiger partial charge in [-0.2, -0.15) is 0 Å². The first-order chi connectivity index (χ1) is 13.1. The summed E-state index contributed by atoms with van der Waals surface area (Å²) < 4.78 is 1.40. The highest BCUT2D eigenvalue weighted by Gasteiger charge is 2.35. The van der Waals surface area contributed by atoms with Crippen LogP contribution in [-0.4, -0.2) is 21.7 Å². The van der Waals surface area contributed by atoms with Gasteiger partial charge in [0.25, 0.3) is 11.5 Å². The lowest BCUT2D eigenvalue weighted by molar-refractivity contribution is -0.113. The fraction of sp³-hybridized carbons (Fsp3) is 0.0500. The van der Waals surface area contributed by atoms with E-state index in [4.69, 9.17) is 0 Å². The first-order valence-electron chi connectivity index (χ1n) is 8.35. The molecule has 0 spiro atoms. The minimum absolute atomic E-state index is 0.0586. The number of urea groups is 1. The van der Waals surface area contributed by atoms with Gasteiger partial charge >= 0.3 is 6.03 Å². The summed E-state index contributed by atoms with van der Waals surface area (Å²) in [5, 5.41) is 5.53. The van der Waals surface area contributed by atoms with Crippen LogP contribution in [0.2, 0.25) is 0 Å². The van der Waals surface area contributed by atoms with Crippen molar-refractivity contribution in [2.45, 2.75) is 6.92 Å². The highest BCUT2D eigenvalue weighted by Crippen LogP contribution is 2.22. The Kier molecular flexibility index (Phi) is 3.97. The Morgan fingerprint density at radius 3 is 2.07 bits per heavy atom. The number of benzene rings is 2. The number of amides is 3. The number of para-hydroxylation sites is 2. The Balaban J connectivity index is 1.73. The number of imide groups is 1. The minimum atomic E-state index is -0.547. The van der Waals surface area contributed by atoms with E-state index < -0.39 is 11.9 Å². The zero-order valence-electron chi connectivity index (χ0n) is 14.5. The maximum atomic E-state index is 12.8. The van der Waals surface area contributed by atoms with E-state index in [1.807, 2.05) is 18.2 Å². The number of H-pyrrole nitrogens is 1. The van der Waals surface area contributed by atoms with E-state index in [1.54, 1.807) is 49.4 Å². The molecule has 7 nitrogen and oxygen atoms in total. The number of nitrogens with one attached hydrogen (secondary N) is 2. The third-order valence-corrected chi connectivity index (χ3v) is 4.31. The van der Waals surface area contributed by atoms with Crippen molar-refractivity contribution in [2.24, 2.45) is 0 Å². The number of hydrogen-bond acceptors (Lipinski definition) is 3. The molecule has 0 bridgehead atoms. The van der Waals surface area contributed by atoms with Crippen LogP contribution >= 0.6 is 0 Å². The third kappa shape index (κ3) is 2.85. The van der Waals surface area contributed by atoms with Crippen LogP contribution in [0.5, 0.6) is 0 Å². The summed E-state index contributed by atoms with van der Waals surface area (Å²) >= 11 is 0. The molecule has 27 heavy (non-hydrogen) atoms. The van der Waals surface area contributed by atoms with E-state index in [9.17, 15) is 14.4 Å². The van der Waals surface area contributed by atoms with Gasteiger partial charge in [-0.05, 0) is 37.3 Å². The van der Waals surface area contributed by atoms with Crippen LogP contribution in [0.3, 0.4) is 0 Å². The number of aryl methyl sites for hydroxylation is 1. The Hall–Kier alpha value is -3.87. The maximum Gasteiger partial charge on any atom is 0.333 e. The number of carbonyl (C=O) groups excluding carboxylic acids is 2. The van der Waals surface area contributed by atoms with Gasteiger partial charge in [-0.15, -0.1) is 0 Å². The molecule has 3 aromatic rings. The Labute approximate surface area is 154 Å². The van der Waals surface area contributed by atoms with Crippen molar-refractivity contribution in [3.05, 3.63) is 88.0 Å². The average molecular weight is 360 g/mol. The average Bonchev–Trinajstić information content (AvgIpc) is 3.13. The van der Waals surface area contributed by atoms with Gasteiger partial charge in [-0.25, -0.2) is 14.4 Å². The number of hydrogen-bond donors (Lipinski definition) is 2. The normalized spacial score (nSPS) is 15.4. The lowest BCUT2D eigenvalue weighted by Crippen LogP contribution is -2.30. The zero-order chi connectivity index (χ0) is 19.0. The predicted octanol–water partition coefficient (Wildman–Crippen LogP) is 2.57. The second kappa shape index (κ2) is 6.45. The summed E-state index contributed by atoms with van der Waals surface area (Å²) in [6.07, 6.45) is 1.41. The quantitative estimate of drug-likeness (QED) is 0.556. The van der Waals surface area contributed by atoms with Crippen LogP contribution in [0.1, 0.15) is 11.3 Å². The summed E-state index contributed by atoms with van der Waals surface area (Å²) in [4.78, 5) is 38.7. The number of anilines is 1. The number of nitrogens with zero attached hydrogens (tertiary/aromatic N) is 2.